The molecule has 0 saturated carbocycles. The summed E-state index contributed by atoms with van der Waals surface area (Å²) >= 11 is 0. The monoisotopic (exact) mass is 306 g/mol. The van der Waals surface area contributed by atoms with E-state index >= 15 is 0 Å². The number of fused-ring (bicyclic) bond motifs is 1. The van der Waals surface area contributed by atoms with Crippen LogP contribution in [0.4, 0.5) is 5.69 Å². The summed E-state index contributed by atoms with van der Waals surface area (Å²) in [6, 6.07) is 14.8. The van der Waals surface area contributed by atoms with Crippen molar-refractivity contribution in [2.45, 2.75) is 6.42 Å². The molecular weight excluding hydrogens is 292 g/mol. The number of amides is 1. The maximum Gasteiger partial charge on any atom is 0.238 e. The molecule has 0 radical (unpaired) electrons. The molecule has 1 amide bonds. The Labute approximate surface area is 132 Å². The number of rotatable bonds is 4. The van der Waals surface area contributed by atoms with Gasteiger partial charge in [0.15, 0.2) is 0 Å². The number of anilines is 1. The smallest absolute Gasteiger partial charge is 0.238 e. The largest absolute Gasteiger partial charge is 0.497 e. The molecule has 0 unspecified atom stereocenters. The molecule has 0 saturated heterocycles. The lowest BCUT2D eigenvalue weighted by Crippen LogP contribution is -2.09. The van der Waals surface area contributed by atoms with Gasteiger partial charge in [-0.2, -0.15) is 5.26 Å². The Morgan fingerprint density at radius 2 is 2.22 bits per heavy atom. The van der Waals surface area contributed by atoms with Crippen molar-refractivity contribution in [1.82, 2.24) is 9.97 Å². The van der Waals surface area contributed by atoms with Crippen LogP contribution in [0.25, 0.3) is 22.4 Å². The Bertz CT molecular complexity index is 908. The predicted molar refractivity (Wildman–Crippen MR) is 86.9 cm³/mol. The first-order chi connectivity index (χ1) is 11.2. The normalized spacial score (nSPS) is 10.3. The lowest BCUT2D eigenvalue weighted by Gasteiger charge is -2.01. The number of ether oxygens (including phenoxy) is 1. The molecule has 1 aromatic heterocycles. The van der Waals surface area contributed by atoms with Crippen molar-refractivity contribution >= 4 is 22.6 Å². The summed E-state index contributed by atoms with van der Waals surface area (Å²) in [6.45, 7) is 0. The maximum atomic E-state index is 11.5. The molecule has 0 aliphatic heterocycles. The van der Waals surface area contributed by atoms with Gasteiger partial charge in [-0.15, -0.1) is 0 Å². The molecule has 0 aliphatic carbocycles. The predicted octanol–water partition coefficient (Wildman–Crippen LogP) is 3.09. The van der Waals surface area contributed by atoms with Crippen molar-refractivity contribution in [1.29, 1.82) is 5.26 Å². The Kier molecular flexibility index (Phi) is 3.93. The third-order valence-electron chi connectivity index (χ3n) is 3.35. The minimum atomic E-state index is -0.334. The summed E-state index contributed by atoms with van der Waals surface area (Å²) in [5.74, 6) is 1.14. The van der Waals surface area contributed by atoms with Crippen LogP contribution in [0.15, 0.2) is 42.5 Å². The molecule has 3 rings (SSSR count). The zero-order chi connectivity index (χ0) is 16.2. The van der Waals surface area contributed by atoms with E-state index < -0.39 is 0 Å². The van der Waals surface area contributed by atoms with Crippen LogP contribution in [-0.4, -0.2) is 23.0 Å². The zero-order valence-corrected chi connectivity index (χ0v) is 12.5. The van der Waals surface area contributed by atoms with Crippen LogP contribution in [-0.2, 0) is 4.79 Å². The number of hydrogen-bond donors (Lipinski definition) is 2. The summed E-state index contributed by atoms with van der Waals surface area (Å²) in [5, 5.41) is 11.2. The van der Waals surface area contributed by atoms with E-state index in [4.69, 9.17) is 10.00 Å². The van der Waals surface area contributed by atoms with E-state index in [0.717, 1.165) is 28.2 Å². The number of benzene rings is 2. The van der Waals surface area contributed by atoms with Crippen LogP contribution in [0.5, 0.6) is 5.75 Å². The van der Waals surface area contributed by atoms with Gasteiger partial charge in [0.1, 0.15) is 18.0 Å². The highest BCUT2D eigenvalue weighted by Crippen LogP contribution is 2.25. The number of methoxy groups -OCH3 is 1. The summed E-state index contributed by atoms with van der Waals surface area (Å²) in [5.41, 5.74) is 3.13. The number of hydrogen-bond acceptors (Lipinski definition) is 4. The Balaban J connectivity index is 1.92. The first kappa shape index (κ1) is 14.6. The van der Waals surface area contributed by atoms with Crippen LogP contribution >= 0.6 is 0 Å². The minimum Gasteiger partial charge on any atom is -0.497 e. The number of imidazole rings is 1. The van der Waals surface area contributed by atoms with E-state index in [1.807, 2.05) is 36.4 Å². The summed E-state index contributed by atoms with van der Waals surface area (Å²) in [4.78, 5) is 19.2. The number of aromatic nitrogens is 2. The van der Waals surface area contributed by atoms with Crippen molar-refractivity contribution in [3.8, 4) is 23.2 Å². The number of nitriles is 1. The standard InChI is InChI=1S/C17H14N4O2/c1-23-13-4-2-3-11(9-13)17-20-14-6-5-12(10-15(14)21-17)19-16(22)7-8-18/h2-6,9-10H,7H2,1H3,(H,19,22)(H,20,21). The topological polar surface area (TPSA) is 90.8 Å². The van der Waals surface area contributed by atoms with Crippen molar-refractivity contribution < 1.29 is 9.53 Å². The quantitative estimate of drug-likeness (QED) is 0.775. The summed E-state index contributed by atoms with van der Waals surface area (Å²) in [6.07, 6.45) is -0.171. The first-order valence-electron chi connectivity index (χ1n) is 7.00. The lowest BCUT2D eigenvalue weighted by atomic mass is 10.2. The van der Waals surface area contributed by atoms with Gasteiger partial charge in [-0.05, 0) is 30.3 Å². The van der Waals surface area contributed by atoms with E-state index in [2.05, 4.69) is 15.3 Å². The average Bonchev–Trinajstić information content (AvgIpc) is 2.98. The number of nitrogens with one attached hydrogen (secondary N) is 2. The van der Waals surface area contributed by atoms with Gasteiger partial charge < -0.3 is 15.0 Å². The van der Waals surface area contributed by atoms with Gasteiger partial charge in [0.2, 0.25) is 5.91 Å². The third kappa shape index (κ3) is 3.14. The molecule has 2 aromatic carbocycles. The van der Waals surface area contributed by atoms with Crippen molar-refractivity contribution in [3.05, 3.63) is 42.5 Å². The number of H-pyrrole nitrogens is 1. The van der Waals surface area contributed by atoms with Crippen LogP contribution in [0.2, 0.25) is 0 Å². The van der Waals surface area contributed by atoms with Gasteiger partial charge in [0.05, 0.1) is 24.2 Å². The Hall–Kier alpha value is -3.33. The molecule has 1 heterocycles. The molecule has 0 spiro atoms. The molecule has 2 N–H and O–H groups in total. The highest BCUT2D eigenvalue weighted by molar-refractivity contribution is 5.94. The van der Waals surface area contributed by atoms with Crippen LogP contribution in [0.1, 0.15) is 6.42 Å². The van der Waals surface area contributed by atoms with Crippen LogP contribution in [0, 0.1) is 11.3 Å². The van der Waals surface area contributed by atoms with Crippen molar-refractivity contribution in [2.75, 3.05) is 12.4 Å². The minimum absolute atomic E-state index is 0.171. The van der Waals surface area contributed by atoms with Gasteiger partial charge >= 0.3 is 0 Å². The fraction of sp³-hybridized carbons (Fsp3) is 0.118. The number of carbonyl (C=O) groups excluding carboxylic acids is 1. The SMILES string of the molecule is COc1cccc(-c2nc3ccc(NC(=O)CC#N)cc3[nH]2)c1. The Morgan fingerprint density at radius 3 is 3.00 bits per heavy atom. The van der Waals surface area contributed by atoms with Gasteiger partial charge in [0, 0.05) is 11.3 Å². The summed E-state index contributed by atoms with van der Waals surface area (Å²) in [7, 11) is 1.62. The molecule has 0 fully saturated rings. The van der Waals surface area contributed by atoms with Crippen LogP contribution < -0.4 is 10.1 Å². The number of carbonyl (C=O) groups is 1. The Morgan fingerprint density at radius 1 is 1.35 bits per heavy atom. The lowest BCUT2D eigenvalue weighted by molar-refractivity contribution is -0.115. The first-order valence-corrected chi connectivity index (χ1v) is 7.00. The fourth-order valence-corrected chi connectivity index (χ4v) is 2.27. The highest BCUT2D eigenvalue weighted by Gasteiger charge is 2.08. The molecule has 3 aromatic rings. The third-order valence-corrected chi connectivity index (χ3v) is 3.35. The van der Waals surface area contributed by atoms with E-state index in [-0.39, 0.29) is 12.3 Å². The number of aromatic amines is 1. The number of nitrogens with zero attached hydrogens (tertiary/aromatic N) is 2. The van der Waals surface area contributed by atoms with E-state index in [1.165, 1.54) is 0 Å². The molecule has 6 heteroatoms. The van der Waals surface area contributed by atoms with Crippen molar-refractivity contribution in [2.24, 2.45) is 0 Å². The summed E-state index contributed by atoms with van der Waals surface area (Å²) < 4.78 is 5.22. The maximum absolute atomic E-state index is 11.5. The highest BCUT2D eigenvalue weighted by atomic mass is 16.5. The molecule has 0 atom stereocenters. The van der Waals surface area contributed by atoms with Gasteiger partial charge in [-0.1, -0.05) is 12.1 Å². The van der Waals surface area contributed by atoms with Crippen molar-refractivity contribution in [3.63, 3.8) is 0 Å². The van der Waals surface area contributed by atoms with Gasteiger partial charge in [-0.25, -0.2) is 4.98 Å². The molecule has 0 aliphatic rings. The molecule has 23 heavy (non-hydrogen) atoms. The molecule has 0 bridgehead atoms. The van der Waals surface area contributed by atoms with Crippen LogP contribution in [0.3, 0.4) is 0 Å². The molecule has 114 valence electrons. The molecular formula is C17H14N4O2. The van der Waals surface area contributed by atoms with Gasteiger partial charge in [-0.3, -0.25) is 4.79 Å². The molecule has 6 nitrogen and oxygen atoms in total. The fourth-order valence-electron chi connectivity index (χ4n) is 2.27. The second-order valence-electron chi connectivity index (χ2n) is 4.93. The average molecular weight is 306 g/mol. The van der Waals surface area contributed by atoms with E-state index in [0.29, 0.717) is 5.69 Å². The second-order valence-corrected chi connectivity index (χ2v) is 4.93. The zero-order valence-electron chi connectivity index (χ0n) is 12.5. The van der Waals surface area contributed by atoms with E-state index in [1.54, 1.807) is 19.2 Å². The van der Waals surface area contributed by atoms with Gasteiger partial charge in [0.25, 0.3) is 0 Å². The second kappa shape index (κ2) is 6.20. The van der Waals surface area contributed by atoms with E-state index in [9.17, 15) is 4.79 Å².